The Morgan fingerprint density at radius 2 is 1.86 bits per heavy atom. The Balaban J connectivity index is 2.19. The van der Waals surface area contributed by atoms with E-state index < -0.39 is 16.6 Å². The lowest BCUT2D eigenvalue weighted by atomic mass is 10.2. The lowest BCUT2D eigenvalue weighted by molar-refractivity contribution is -0.384. The molecule has 0 unspecified atom stereocenters. The number of rotatable bonds is 6. The third-order valence-corrected chi connectivity index (χ3v) is 2.43. The van der Waals surface area contributed by atoms with Gasteiger partial charge in [-0.3, -0.25) is 10.1 Å². The molecule has 0 fully saturated rings. The molecule has 0 saturated carbocycles. The summed E-state index contributed by atoms with van der Waals surface area (Å²) in [6.45, 7) is 6.57. The van der Waals surface area contributed by atoms with Crippen molar-refractivity contribution in [3.63, 3.8) is 0 Å². The molecule has 1 aromatic carbocycles. The van der Waals surface area contributed by atoms with E-state index >= 15 is 0 Å². The van der Waals surface area contributed by atoms with Gasteiger partial charge in [-0.2, -0.15) is 0 Å². The Kier molecular flexibility index (Phi) is 5.95. The maximum atomic E-state index is 11.4. The molecule has 1 aromatic rings. The van der Waals surface area contributed by atoms with Gasteiger partial charge < -0.3 is 15.4 Å². The fourth-order valence-corrected chi connectivity index (χ4v) is 1.53. The number of anilines is 1. The number of ether oxygens (including phenoxy) is 1. The van der Waals surface area contributed by atoms with Gasteiger partial charge in [0.2, 0.25) is 0 Å². The molecule has 0 spiro atoms. The summed E-state index contributed by atoms with van der Waals surface area (Å²) in [6, 6.07) is 6.20. The first-order chi connectivity index (χ1) is 9.78. The molecule has 1 rings (SSSR count). The zero-order valence-electron chi connectivity index (χ0n) is 12.5. The molecule has 0 bridgehead atoms. The number of nitro groups is 1. The first kappa shape index (κ1) is 16.7. The van der Waals surface area contributed by atoms with Crippen LogP contribution in [0.25, 0.3) is 0 Å². The third kappa shape index (κ3) is 7.14. The fourth-order valence-electron chi connectivity index (χ4n) is 1.53. The number of non-ortho nitro benzene ring substituents is 1. The highest BCUT2D eigenvalue weighted by Crippen LogP contribution is 2.15. The van der Waals surface area contributed by atoms with Gasteiger partial charge >= 0.3 is 6.09 Å². The van der Waals surface area contributed by atoms with Crippen molar-refractivity contribution in [1.82, 2.24) is 5.32 Å². The molecule has 7 heteroatoms. The predicted octanol–water partition coefficient (Wildman–Crippen LogP) is 2.92. The Hall–Kier alpha value is -2.31. The van der Waals surface area contributed by atoms with Crippen molar-refractivity contribution in [1.29, 1.82) is 0 Å². The van der Waals surface area contributed by atoms with Crippen LogP contribution in [0.4, 0.5) is 16.2 Å². The molecule has 0 atom stereocenters. The summed E-state index contributed by atoms with van der Waals surface area (Å²) in [5, 5.41) is 16.3. The van der Waals surface area contributed by atoms with Gasteiger partial charge in [-0.15, -0.1) is 0 Å². The van der Waals surface area contributed by atoms with Crippen LogP contribution in [0.2, 0.25) is 0 Å². The van der Waals surface area contributed by atoms with Gasteiger partial charge in [0, 0.05) is 30.9 Å². The number of alkyl carbamates (subject to hydrolysis) is 1. The number of benzene rings is 1. The third-order valence-electron chi connectivity index (χ3n) is 2.43. The van der Waals surface area contributed by atoms with E-state index in [1.54, 1.807) is 12.1 Å². The van der Waals surface area contributed by atoms with Gasteiger partial charge in [0.25, 0.3) is 5.69 Å². The molecule has 0 aliphatic rings. The second kappa shape index (κ2) is 7.47. The van der Waals surface area contributed by atoms with Crippen molar-refractivity contribution in [2.45, 2.75) is 32.8 Å². The Morgan fingerprint density at radius 3 is 2.38 bits per heavy atom. The molecule has 0 aliphatic carbocycles. The normalized spacial score (nSPS) is 10.8. The molecule has 0 aromatic heterocycles. The quantitative estimate of drug-likeness (QED) is 0.478. The zero-order valence-corrected chi connectivity index (χ0v) is 12.5. The number of nitrogens with zero attached hydrogens (tertiary/aromatic N) is 1. The monoisotopic (exact) mass is 295 g/mol. The summed E-state index contributed by atoms with van der Waals surface area (Å²) in [5.41, 5.74) is 0.367. The second-order valence-electron chi connectivity index (χ2n) is 5.51. The maximum absolute atomic E-state index is 11.4. The summed E-state index contributed by atoms with van der Waals surface area (Å²) in [6.07, 6.45) is 0.286. The van der Waals surface area contributed by atoms with E-state index in [-0.39, 0.29) is 5.69 Å². The lowest BCUT2D eigenvalue weighted by Gasteiger charge is -2.19. The van der Waals surface area contributed by atoms with Crippen molar-refractivity contribution >= 4 is 17.5 Å². The van der Waals surface area contributed by atoms with Gasteiger partial charge in [0.15, 0.2) is 0 Å². The molecule has 1 amide bonds. The van der Waals surface area contributed by atoms with E-state index in [0.29, 0.717) is 13.1 Å². The Bertz CT molecular complexity index is 480. The number of nitrogens with one attached hydrogen (secondary N) is 2. The van der Waals surface area contributed by atoms with Gasteiger partial charge in [-0.1, -0.05) is 0 Å². The van der Waals surface area contributed by atoms with Crippen LogP contribution >= 0.6 is 0 Å². The average Bonchev–Trinajstić information content (AvgIpc) is 2.36. The second-order valence-corrected chi connectivity index (χ2v) is 5.51. The largest absolute Gasteiger partial charge is 0.444 e. The Labute approximate surface area is 123 Å². The van der Waals surface area contributed by atoms with Crippen LogP contribution in [-0.4, -0.2) is 29.7 Å². The topological polar surface area (TPSA) is 93.5 Å². The minimum Gasteiger partial charge on any atom is -0.444 e. The number of amides is 1. The summed E-state index contributed by atoms with van der Waals surface area (Å²) in [5.74, 6) is 0. The van der Waals surface area contributed by atoms with E-state index in [2.05, 4.69) is 10.6 Å². The predicted molar refractivity (Wildman–Crippen MR) is 80.4 cm³/mol. The van der Waals surface area contributed by atoms with Gasteiger partial charge in [0.1, 0.15) is 5.60 Å². The van der Waals surface area contributed by atoms with Crippen LogP contribution in [0.3, 0.4) is 0 Å². The average molecular weight is 295 g/mol. The van der Waals surface area contributed by atoms with E-state index in [0.717, 1.165) is 12.1 Å². The summed E-state index contributed by atoms with van der Waals surface area (Å²) < 4.78 is 5.10. The van der Waals surface area contributed by atoms with Crippen molar-refractivity contribution < 1.29 is 14.5 Å². The number of carbonyl (C=O) groups is 1. The van der Waals surface area contributed by atoms with Crippen molar-refractivity contribution in [2.24, 2.45) is 0 Å². The van der Waals surface area contributed by atoms with Crippen molar-refractivity contribution in [3.05, 3.63) is 34.4 Å². The number of carbonyl (C=O) groups excluding carboxylic acids is 1. The molecular weight excluding hydrogens is 274 g/mol. The first-order valence-electron chi connectivity index (χ1n) is 6.73. The van der Waals surface area contributed by atoms with Crippen LogP contribution in [0.5, 0.6) is 0 Å². The van der Waals surface area contributed by atoms with E-state index in [1.807, 2.05) is 20.8 Å². The van der Waals surface area contributed by atoms with Crippen LogP contribution in [0, 0.1) is 10.1 Å². The highest BCUT2D eigenvalue weighted by Gasteiger charge is 2.15. The highest BCUT2D eigenvalue weighted by molar-refractivity contribution is 5.67. The number of hydrogen-bond donors (Lipinski definition) is 2. The van der Waals surface area contributed by atoms with Gasteiger partial charge in [0.05, 0.1) is 4.92 Å². The van der Waals surface area contributed by atoms with Crippen LogP contribution in [-0.2, 0) is 4.74 Å². The van der Waals surface area contributed by atoms with Crippen LogP contribution in [0.1, 0.15) is 27.2 Å². The first-order valence-corrected chi connectivity index (χ1v) is 6.73. The lowest BCUT2D eigenvalue weighted by Crippen LogP contribution is -2.33. The van der Waals surface area contributed by atoms with Gasteiger partial charge in [-0.05, 0) is 39.3 Å². The Morgan fingerprint density at radius 1 is 1.24 bits per heavy atom. The smallest absolute Gasteiger partial charge is 0.407 e. The molecule has 0 heterocycles. The van der Waals surface area contributed by atoms with E-state index in [9.17, 15) is 14.9 Å². The van der Waals surface area contributed by atoms with E-state index in [4.69, 9.17) is 4.74 Å². The number of nitro benzene ring substituents is 1. The summed E-state index contributed by atoms with van der Waals surface area (Å²) in [4.78, 5) is 21.4. The van der Waals surface area contributed by atoms with Gasteiger partial charge in [-0.25, -0.2) is 4.79 Å². The maximum Gasteiger partial charge on any atom is 0.407 e. The zero-order chi connectivity index (χ0) is 15.9. The SMILES string of the molecule is CC(C)(C)OC(=O)NCCCNc1ccc([N+](=O)[O-])cc1. The standard InChI is InChI=1S/C14H21N3O4/c1-14(2,3)21-13(18)16-10-4-9-15-11-5-7-12(8-6-11)17(19)20/h5-8,15H,4,9-10H2,1-3H3,(H,16,18). The van der Waals surface area contributed by atoms with Crippen LogP contribution < -0.4 is 10.6 Å². The molecular formula is C14H21N3O4. The minimum atomic E-state index is -0.499. The number of hydrogen-bond acceptors (Lipinski definition) is 5. The summed E-state index contributed by atoms with van der Waals surface area (Å²) in [7, 11) is 0. The van der Waals surface area contributed by atoms with E-state index in [1.165, 1.54) is 12.1 Å². The van der Waals surface area contributed by atoms with Crippen LogP contribution in [0.15, 0.2) is 24.3 Å². The van der Waals surface area contributed by atoms with Crippen molar-refractivity contribution in [3.8, 4) is 0 Å². The highest BCUT2D eigenvalue weighted by atomic mass is 16.6. The molecule has 7 nitrogen and oxygen atoms in total. The fraction of sp³-hybridized carbons (Fsp3) is 0.500. The van der Waals surface area contributed by atoms with Crippen molar-refractivity contribution in [2.75, 3.05) is 18.4 Å². The molecule has 0 saturated heterocycles. The molecule has 2 N–H and O–H groups in total. The molecule has 0 radical (unpaired) electrons. The minimum absolute atomic E-state index is 0.0622. The summed E-state index contributed by atoms with van der Waals surface area (Å²) >= 11 is 0. The molecule has 0 aliphatic heterocycles. The molecule has 116 valence electrons. The molecule has 21 heavy (non-hydrogen) atoms.